The summed E-state index contributed by atoms with van der Waals surface area (Å²) in [7, 11) is 0. The van der Waals surface area contributed by atoms with E-state index in [0.717, 1.165) is 11.1 Å². The summed E-state index contributed by atoms with van der Waals surface area (Å²) < 4.78 is 7.46. The summed E-state index contributed by atoms with van der Waals surface area (Å²) in [5.41, 5.74) is 4.48. The molecule has 0 aliphatic carbocycles. The Kier molecular flexibility index (Phi) is 3.82. The van der Waals surface area contributed by atoms with Gasteiger partial charge in [-0.05, 0) is 30.2 Å². The fraction of sp³-hybridized carbons (Fsp3) is 0.100. The number of nitrogens with zero attached hydrogens (tertiary/aromatic N) is 2. The summed E-state index contributed by atoms with van der Waals surface area (Å²) >= 11 is 0. The van der Waals surface area contributed by atoms with Gasteiger partial charge in [0.15, 0.2) is 5.58 Å². The predicted octanol–water partition coefficient (Wildman–Crippen LogP) is 4.24. The van der Waals surface area contributed by atoms with E-state index >= 15 is 0 Å². The van der Waals surface area contributed by atoms with Crippen molar-refractivity contribution in [2.45, 2.75) is 13.5 Å². The van der Waals surface area contributed by atoms with Crippen LogP contribution in [0.1, 0.15) is 21.6 Å². The number of furan rings is 1. The summed E-state index contributed by atoms with van der Waals surface area (Å²) in [6.45, 7) is 2.67. The molecule has 0 atom stereocenters. The molecule has 0 spiro atoms. The molecule has 25 heavy (non-hydrogen) atoms. The normalized spacial score (nSPS) is 10.9. The summed E-state index contributed by atoms with van der Waals surface area (Å²) in [6, 6.07) is 17.2. The van der Waals surface area contributed by atoms with Gasteiger partial charge in [0.1, 0.15) is 11.5 Å². The molecule has 5 heteroatoms. The van der Waals surface area contributed by atoms with Crippen LogP contribution < -0.4 is 5.32 Å². The van der Waals surface area contributed by atoms with E-state index in [0.29, 0.717) is 23.6 Å². The number of amides is 1. The Bertz CT molecular complexity index is 1030. The van der Waals surface area contributed by atoms with Crippen LogP contribution in [0.4, 0.5) is 5.82 Å². The van der Waals surface area contributed by atoms with Crippen molar-refractivity contribution in [3.63, 3.8) is 0 Å². The molecule has 4 aromatic rings. The topological polar surface area (TPSA) is 60.1 Å². The van der Waals surface area contributed by atoms with Crippen molar-refractivity contribution in [3.8, 4) is 0 Å². The molecule has 0 saturated carbocycles. The monoisotopic (exact) mass is 331 g/mol. The Morgan fingerprint density at radius 3 is 2.80 bits per heavy atom. The quantitative estimate of drug-likeness (QED) is 0.608. The minimum absolute atomic E-state index is 0.210. The molecular weight excluding hydrogens is 314 g/mol. The Labute approximate surface area is 144 Å². The highest BCUT2D eigenvalue weighted by atomic mass is 16.3. The Morgan fingerprint density at radius 2 is 2.00 bits per heavy atom. The lowest BCUT2D eigenvalue weighted by Gasteiger charge is -2.12. The molecule has 1 N–H and O–H groups in total. The minimum Gasteiger partial charge on any atom is -0.463 e. The van der Waals surface area contributed by atoms with Crippen LogP contribution in [0.15, 0.2) is 71.5 Å². The molecule has 124 valence electrons. The molecule has 4 rings (SSSR count). The van der Waals surface area contributed by atoms with Gasteiger partial charge in [0.2, 0.25) is 0 Å². The standard InChI is InChI=1S/C20H17N3O2/c1-14-6-2-3-7-15(14)13-23-16-9-11-25-18(16)12-17(23)20(24)22-19-8-4-5-10-21-19/h2-12H,13H2,1H3,(H,21,22,24). The highest BCUT2D eigenvalue weighted by Crippen LogP contribution is 2.24. The first-order chi connectivity index (χ1) is 12.2. The second-order valence-electron chi connectivity index (χ2n) is 5.88. The van der Waals surface area contributed by atoms with Crippen LogP contribution in [0.2, 0.25) is 0 Å². The van der Waals surface area contributed by atoms with E-state index < -0.39 is 0 Å². The maximum absolute atomic E-state index is 12.8. The van der Waals surface area contributed by atoms with E-state index in [1.807, 2.05) is 34.9 Å². The SMILES string of the molecule is Cc1ccccc1Cn1c(C(=O)Nc2ccccn2)cc2occc21. The fourth-order valence-corrected chi connectivity index (χ4v) is 2.91. The minimum atomic E-state index is -0.210. The molecule has 5 nitrogen and oxygen atoms in total. The summed E-state index contributed by atoms with van der Waals surface area (Å²) in [5, 5.41) is 2.84. The van der Waals surface area contributed by atoms with Crippen molar-refractivity contribution in [3.05, 3.63) is 83.9 Å². The van der Waals surface area contributed by atoms with Crippen LogP contribution in [-0.4, -0.2) is 15.5 Å². The fourth-order valence-electron chi connectivity index (χ4n) is 2.91. The van der Waals surface area contributed by atoms with Gasteiger partial charge in [-0.2, -0.15) is 0 Å². The van der Waals surface area contributed by atoms with Crippen LogP contribution in [0.3, 0.4) is 0 Å². The van der Waals surface area contributed by atoms with Crippen LogP contribution >= 0.6 is 0 Å². The van der Waals surface area contributed by atoms with E-state index in [1.54, 1.807) is 24.6 Å². The molecule has 0 aliphatic rings. The molecule has 1 amide bonds. The van der Waals surface area contributed by atoms with Gasteiger partial charge in [0.05, 0.1) is 11.8 Å². The maximum Gasteiger partial charge on any atom is 0.273 e. The second kappa shape index (κ2) is 6.28. The van der Waals surface area contributed by atoms with Crippen LogP contribution in [-0.2, 0) is 6.54 Å². The van der Waals surface area contributed by atoms with Crippen molar-refractivity contribution < 1.29 is 9.21 Å². The number of benzene rings is 1. The van der Waals surface area contributed by atoms with Crippen molar-refractivity contribution in [2.24, 2.45) is 0 Å². The number of aromatic nitrogens is 2. The first-order valence-electron chi connectivity index (χ1n) is 8.06. The lowest BCUT2D eigenvalue weighted by Crippen LogP contribution is -2.18. The number of fused-ring (bicyclic) bond motifs is 1. The number of anilines is 1. The van der Waals surface area contributed by atoms with Crippen LogP contribution in [0.5, 0.6) is 0 Å². The third-order valence-electron chi connectivity index (χ3n) is 4.25. The van der Waals surface area contributed by atoms with Gasteiger partial charge in [0.25, 0.3) is 5.91 Å². The molecule has 0 fully saturated rings. The van der Waals surface area contributed by atoms with Gasteiger partial charge in [-0.25, -0.2) is 4.98 Å². The first-order valence-corrected chi connectivity index (χ1v) is 8.06. The van der Waals surface area contributed by atoms with Crippen molar-refractivity contribution in [2.75, 3.05) is 5.32 Å². The zero-order chi connectivity index (χ0) is 17.2. The average Bonchev–Trinajstić information content (AvgIpc) is 3.20. The predicted molar refractivity (Wildman–Crippen MR) is 96.7 cm³/mol. The van der Waals surface area contributed by atoms with Crippen molar-refractivity contribution in [1.29, 1.82) is 0 Å². The molecule has 0 unspecified atom stereocenters. The Hall–Kier alpha value is -3.34. The van der Waals surface area contributed by atoms with Crippen molar-refractivity contribution >= 4 is 22.8 Å². The van der Waals surface area contributed by atoms with Gasteiger partial charge in [-0.1, -0.05) is 30.3 Å². The molecule has 1 aromatic carbocycles. The highest BCUT2D eigenvalue weighted by Gasteiger charge is 2.18. The highest BCUT2D eigenvalue weighted by molar-refractivity contribution is 6.05. The Morgan fingerprint density at radius 1 is 1.16 bits per heavy atom. The van der Waals surface area contributed by atoms with E-state index in [1.165, 1.54) is 5.56 Å². The number of carbonyl (C=O) groups excluding carboxylic acids is 1. The third-order valence-corrected chi connectivity index (χ3v) is 4.25. The van der Waals surface area contributed by atoms with Crippen LogP contribution in [0, 0.1) is 6.92 Å². The Balaban J connectivity index is 1.73. The first kappa shape index (κ1) is 15.2. The summed E-state index contributed by atoms with van der Waals surface area (Å²) in [5.74, 6) is 0.312. The summed E-state index contributed by atoms with van der Waals surface area (Å²) in [6.07, 6.45) is 3.28. The van der Waals surface area contributed by atoms with E-state index in [2.05, 4.69) is 29.4 Å². The lowest BCUT2D eigenvalue weighted by atomic mass is 10.1. The van der Waals surface area contributed by atoms with Gasteiger partial charge in [0, 0.05) is 24.9 Å². The van der Waals surface area contributed by atoms with Gasteiger partial charge in [-0.15, -0.1) is 0 Å². The van der Waals surface area contributed by atoms with Gasteiger partial charge < -0.3 is 14.3 Å². The zero-order valence-electron chi connectivity index (χ0n) is 13.8. The molecule has 3 heterocycles. The zero-order valence-corrected chi connectivity index (χ0v) is 13.8. The number of hydrogen-bond acceptors (Lipinski definition) is 3. The molecule has 3 aromatic heterocycles. The molecule has 0 radical (unpaired) electrons. The third kappa shape index (κ3) is 2.92. The van der Waals surface area contributed by atoms with Gasteiger partial charge >= 0.3 is 0 Å². The number of aryl methyl sites for hydroxylation is 1. The molecule has 0 bridgehead atoms. The van der Waals surface area contributed by atoms with Gasteiger partial charge in [-0.3, -0.25) is 4.79 Å². The molecule has 0 aliphatic heterocycles. The molecule has 0 saturated heterocycles. The largest absolute Gasteiger partial charge is 0.463 e. The number of rotatable bonds is 4. The maximum atomic E-state index is 12.8. The average molecular weight is 331 g/mol. The number of hydrogen-bond donors (Lipinski definition) is 1. The number of nitrogens with one attached hydrogen (secondary N) is 1. The number of pyridine rings is 1. The summed E-state index contributed by atoms with van der Waals surface area (Å²) in [4.78, 5) is 16.9. The van der Waals surface area contributed by atoms with E-state index in [-0.39, 0.29) is 5.91 Å². The number of carbonyl (C=O) groups is 1. The van der Waals surface area contributed by atoms with E-state index in [9.17, 15) is 4.79 Å². The second-order valence-corrected chi connectivity index (χ2v) is 5.88. The van der Waals surface area contributed by atoms with Crippen LogP contribution in [0.25, 0.3) is 11.1 Å². The van der Waals surface area contributed by atoms with E-state index in [4.69, 9.17) is 4.42 Å². The molecular formula is C20H17N3O2. The lowest BCUT2D eigenvalue weighted by molar-refractivity contribution is 0.101. The van der Waals surface area contributed by atoms with Crippen molar-refractivity contribution in [1.82, 2.24) is 9.55 Å². The smallest absolute Gasteiger partial charge is 0.273 e.